The van der Waals surface area contributed by atoms with Gasteiger partial charge in [0.15, 0.2) is 5.78 Å². The standard InChI is InChI=1S/C16H16OS/c1-12-7-9-13(10-8-12)11-15(17)14-5-3-4-6-16(14)18-2/h3-10H,11H2,1-2H3. The van der Waals surface area contributed by atoms with Crippen LogP contribution in [-0.2, 0) is 6.42 Å². The minimum Gasteiger partial charge on any atom is -0.294 e. The fourth-order valence-electron chi connectivity index (χ4n) is 1.86. The molecule has 0 amide bonds. The van der Waals surface area contributed by atoms with Crippen molar-refractivity contribution in [2.24, 2.45) is 0 Å². The smallest absolute Gasteiger partial charge is 0.168 e. The Bertz CT molecular complexity index is 543. The molecule has 0 spiro atoms. The molecule has 2 rings (SSSR count). The first-order valence-corrected chi connectivity index (χ1v) is 7.15. The van der Waals surface area contributed by atoms with Gasteiger partial charge in [0.1, 0.15) is 0 Å². The molecule has 0 aliphatic heterocycles. The van der Waals surface area contributed by atoms with Crippen molar-refractivity contribution in [2.75, 3.05) is 6.26 Å². The second-order valence-corrected chi connectivity index (χ2v) is 5.13. The molecule has 0 aliphatic rings. The highest BCUT2D eigenvalue weighted by atomic mass is 32.2. The van der Waals surface area contributed by atoms with Crippen molar-refractivity contribution < 1.29 is 4.79 Å². The van der Waals surface area contributed by atoms with E-state index in [9.17, 15) is 4.79 Å². The number of Topliss-reactive ketones (excluding diaryl/α,β-unsaturated/α-hetero) is 1. The molecule has 2 heteroatoms. The van der Waals surface area contributed by atoms with Crippen LogP contribution in [-0.4, -0.2) is 12.0 Å². The first-order valence-electron chi connectivity index (χ1n) is 5.92. The Morgan fingerprint density at radius 1 is 1.06 bits per heavy atom. The van der Waals surface area contributed by atoms with Crippen molar-refractivity contribution in [2.45, 2.75) is 18.2 Å². The van der Waals surface area contributed by atoms with E-state index in [2.05, 4.69) is 6.92 Å². The molecule has 0 fully saturated rings. The molecule has 0 saturated heterocycles. The normalized spacial score (nSPS) is 10.3. The quantitative estimate of drug-likeness (QED) is 0.604. The fraction of sp³-hybridized carbons (Fsp3) is 0.188. The lowest BCUT2D eigenvalue weighted by molar-refractivity contribution is 0.0990. The van der Waals surface area contributed by atoms with E-state index >= 15 is 0 Å². The summed E-state index contributed by atoms with van der Waals surface area (Å²) in [6.45, 7) is 2.05. The molecule has 0 unspecified atom stereocenters. The third-order valence-electron chi connectivity index (χ3n) is 2.89. The van der Waals surface area contributed by atoms with Crippen molar-refractivity contribution >= 4 is 17.5 Å². The van der Waals surface area contributed by atoms with E-state index in [1.54, 1.807) is 11.8 Å². The molecule has 0 N–H and O–H groups in total. The Balaban J connectivity index is 2.19. The van der Waals surface area contributed by atoms with Gasteiger partial charge < -0.3 is 0 Å². The molecule has 2 aromatic carbocycles. The van der Waals surface area contributed by atoms with Crippen molar-refractivity contribution in [3.8, 4) is 0 Å². The van der Waals surface area contributed by atoms with Crippen LogP contribution in [0.5, 0.6) is 0 Å². The first kappa shape index (κ1) is 12.9. The van der Waals surface area contributed by atoms with Crippen molar-refractivity contribution in [1.82, 2.24) is 0 Å². The Labute approximate surface area is 112 Å². The van der Waals surface area contributed by atoms with Crippen molar-refractivity contribution in [3.63, 3.8) is 0 Å². The second-order valence-electron chi connectivity index (χ2n) is 4.29. The maximum absolute atomic E-state index is 12.3. The lowest BCUT2D eigenvalue weighted by Gasteiger charge is -2.06. The minimum absolute atomic E-state index is 0.184. The Morgan fingerprint density at radius 2 is 1.72 bits per heavy atom. The highest BCUT2D eigenvalue weighted by Crippen LogP contribution is 2.21. The number of hydrogen-bond acceptors (Lipinski definition) is 2. The van der Waals surface area contributed by atoms with Crippen LogP contribution in [0.2, 0.25) is 0 Å². The van der Waals surface area contributed by atoms with E-state index in [1.807, 2.05) is 54.8 Å². The highest BCUT2D eigenvalue weighted by molar-refractivity contribution is 7.98. The van der Waals surface area contributed by atoms with Crippen molar-refractivity contribution in [3.05, 3.63) is 65.2 Å². The van der Waals surface area contributed by atoms with Crippen LogP contribution < -0.4 is 0 Å². The maximum atomic E-state index is 12.3. The summed E-state index contributed by atoms with van der Waals surface area (Å²) in [4.78, 5) is 13.3. The van der Waals surface area contributed by atoms with Gasteiger partial charge in [0.25, 0.3) is 0 Å². The van der Waals surface area contributed by atoms with Gasteiger partial charge in [-0.25, -0.2) is 0 Å². The van der Waals surface area contributed by atoms with Crippen LogP contribution >= 0.6 is 11.8 Å². The topological polar surface area (TPSA) is 17.1 Å². The van der Waals surface area contributed by atoms with Gasteiger partial charge in [-0.3, -0.25) is 4.79 Å². The summed E-state index contributed by atoms with van der Waals surface area (Å²) in [5, 5.41) is 0. The maximum Gasteiger partial charge on any atom is 0.168 e. The number of rotatable bonds is 4. The SMILES string of the molecule is CSc1ccccc1C(=O)Cc1ccc(C)cc1. The van der Waals surface area contributed by atoms with E-state index in [1.165, 1.54) is 5.56 Å². The van der Waals surface area contributed by atoms with Gasteiger partial charge >= 0.3 is 0 Å². The van der Waals surface area contributed by atoms with Crippen molar-refractivity contribution in [1.29, 1.82) is 0 Å². The van der Waals surface area contributed by atoms with E-state index in [0.29, 0.717) is 6.42 Å². The average molecular weight is 256 g/mol. The van der Waals surface area contributed by atoms with Crippen LogP contribution in [0, 0.1) is 6.92 Å². The molecular weight excluding hydrogens is 240 g/mol. The fourth-order valence-corrected chi connectivity index (χ4v) is 2.48. The monoisotopic (exact) mass is 256 g/mol. The van der Waals surface area contributed by atoms with Crippen LogP contribution in [0.3, 0.4) is 0 Å². The van der Waals surface area contributed by atoms with Gasteiger partial charge in [0.2, 0.25) is 0 Å². The number of aryl methyl sites for hydroxylation is 1. The number of ketones is 1. The molecule has 2 aromatic rings. The molecule has 0 saturated carbocycles. The zero-order valence-corrected chi connectivity index (χ0v) is 11.5. The third-order valence-corrected chi connectivity index (χ3v) is 3.69. The van der Waals surface area contributed by atoms with E-state index in [4.69, 9.17) is 0 Å². The number of carbonyl (C=O) groups is 1. The van der Waals surface area contributed by atoms with E-state index in [-0.39, 0.29) is 5.78 Å². The van der Waals surface area contributed by atoms with Crippen LogP contribution in [0.15, 0.2) is 53.4 Å². The van der Waals surface area contributed by atoms with Gasteiger partial charge in [-0.15, -0.1) is 11.8 Å². The van der Waals surface area contributed by atoms with Gasteiger partial charge in [-0.1, -0.05) is 48.0 Å². The molecule has 0 atom stereocenters. The van der Waals surface area contributed by atoms with Crippen LogP contribution in [0.4, 0.5) is 0 Å². The zero-order valence-electron chi connectivity index (χ0n) is 10.6. The van der Waals surface area contributed by atoms with Crippen LogP contribution in [0.1, 0.15) is 21.5 Å². The third kappa shape index (κ3) is 3.02. The molecule has 0 heterocycles. The Kier molecular flexibility index (Phi) is 4.21. The number of carbonyl (C=O) groups excluding carboxylic acids is 1. The predicted molar refractivity (Wildman–Crippen MR) is 77.4 cm³/mol. The summed E-state index contributed by atoms with van der Waals surface area (Å²) >= 11 is 1.62. The summed E-state index contributed by atoms with van der Waals surface area (Å²) in [5.41, 5.74) is 3.11. The molecular formula is C16H16OS. The molecule has 0 aromatic heterocycles. The van der Waals surface area contributed by atoms with E-state index in [0.717, 1.165) is 16.0 Å². The lowest BCUT2D eigenvalue weighted by atomic mass is 10.0. The van der Waals surface area contributed by atoms with Gasteiger partial charge in [0, 0.05) is 16.9 Å². The van der Waals surface area contributed by atoms with Gasteiger partial charge in [-0.2, -0.15) is 0 Å². The van der Waals surface area contributed by atoms with Gasteiger partial charge in [-0.05, 0) is 24.8 Å². The second kappa shape index (κ2) is 5.87. The molecule has 0 bridgehead atoms. The lowest BCUT2D eigenvalue weighted by Crippen LogP contribution is -2.04. The summed E-state index contributed by atoms with van der Waals surface area (Å²) in [7, 11) is 0. The summed E-state index contributed by atoms with van der Waals surface area (Å²) in [6.07, 6.45) is 2.47. The number of hydrogen-bond donors (Lipinski definition) is 0. The van der Waals surface area contributed by atoms with E-state index < -0.39 is 0 Å². The average Bonchev–Trinajstić information content (AvgIpc) is 2.41. The Hall–Kier alpha value is -1.54. The molecule has 0 aliphatic carbocycles. The molecule has 18 heavy (non-hydrogen) atoms. The summed E-state index contributed by atoms with van der Waals surface area (Å²) in [6, 6.07) is 15.9. The largest absolute Gasteiger partial charge is 0.294 e. The number of benzene rings is 2. The van der Waals surface area contributed by atoms with Crippen LogP contribution in [0.25, 0.3) is 0 Å². The first-order chi connectivity index (χ1) is 8.70. The molecule has 92 valence electrons. The highest BCUT2D eigenvalue weighted by Gasteiger charge is 2.10. The summed E-state index contributed by atoms with van der Waals surface area (Å²) in [5.74, 6) is 0.184. The summed E-state index contributed by atoms with van der Waals surface area (Å²) < 4.78 is 0. The predicted octanol–water partition coefficient (Wildman–Crippen LogP) is 4.14. The Morgan fingerprint density at radius 3 is 2.39 bits per heavy atom. The zero-order chi connectivity index (χ0) is 13.0. The van der Waals surface area contributed by atoms with Gasteiger partial charge in [0.05, 0.1) is 0 Å². The molecule has 1 nitrogen and oxygen atoms in total. The molecule has 0 radical (unpaired) electrons. The minimum atomic E-state index is 0.184. The number of thioether (sulfide) groups is 1.